The van der Waals surface area contributed by atoms with Crippen molar-refractivity contribution >= 4 is 49.2 Å². The van der Waals surface area contributed by atoms with Gasteiger partial charge in [0.25, 0.3) is 10.0 Å². The number of benzene rings is 2. The molecule has 4 aromatic rings. The number of halogens is 1. The summed E-state index contributed by atoms with van der Waals surface area (Å²) in [5.74, 6) is 0. The maximum atomic E-state index is 14.2. The maximum Gasteiger partial charge on any atom is 0.410 e. The third kappa shape index (κ3) is 5.63. The molecule has 3 heterocycles. The van der Waals surface area contributed by atoms with E-state index in [2.05, 4.69) is 22.5 Å². The fourth-order valence-corrected chi connectivity index (χ4v) is 8.35. The lowest BCUT2D eigenvalue weighted by Crippen LogP contribution is -2.47. The predicted octanol–water partition coefficient (Wildman–Crippen LogP) is 7.53. The van der Waals surface area contributed by atoms with Crippen molar-refractivity contribution in [3.05, 3.63) is 88.7 Å². The number of piperidine rings is 1. The Bertz CT molecular complexity index is 1800. The lowest BCUT2D eigenvalue weighted by atomic mass is 9.80. The van der Waals surface area contributed by atoms with Crippen molar-refractivity contribution in [3.63, 3.8) is 0 Å². The van der Waals surface area contributed by atoms with E-state index in [9.17, 15) is 13.2 Å². The second-order valence-electron chi connectivity index (χ2n) is 11.8. The van der Waals surface area contributed by atoms with Gasteiger partial charge in [-0.3, -0.25) is 0 Å². The molecule has 5 rings (SSSR count). The third-order valence-corrected chi connectivity index (χ3v) is 10.5. The van der Waals surface area contributed by atoms with Crippen molar-refractivity contribution in [1.29, 1.82) is 0 Å². The zero-order valence-corrected chi connectivity index (χ0v) is 27.5. The average Bonchev–Trinajstić information content (AvgIpc) is 3.28. The van der Waals surface area contributed by atoms with Crippen LogP contribution in [-0.2, 0) is 25.1 Å². The SMILES string of the molecule is C=Cc1cccc(-c2c(Br)n(S(=O)(=O)c3ccccc3)c3ncc(C)c(C4(OC)CCN(C(=O)OC(C)(C)C)CC4)c23)c1. The number of ether oxygens (including phenoxy) is 2. The third-order valence-electron chi connectivity index (χ3n) is 7.84. The maximum absolute atomic E-state index is 14.2. The zero-order chi connectivity index (χ0) is 31.2. The molecule has 1 saturated heterocycles. The molecule has 0 unspecified atom stereocenters. The number of fused-ring (bicyclic) bond motifs is 1. The van der Waals surface area contributed by atoms with Gasteiger partial charge in [0.2, 0.25) is 0 Å². The van der Waals surface area contributed by atoms with E-state index >= 15 is 0 Å². The molecule has 8 nitrogen and oxygen atoms in total. The van der Waals surface area contributed by atoms with E-state index in [1.54, 1.807) is 54.6 Å². The Balaban J connectivity index is 1.76. The summed E-state index contributed by atoms with van der Waals surface area (Å²) in [6, 6.07) is 16.1. The van der Waals surface area contributed by atoms with Gasteiger partial charge in [-0.2, -0.15) is 0 Å². The van der Waals surface area contributed by atoms with E-state index < -0.39 is 21.2 Å². The molecule has 1 amide bonds. The molecule has 226 valence electrons. The monoisotopic (exact) mass is 665 g/mol. The highest BCUT2D eigenvalue weighted by molar-refractivity contribution is 9.10. The van der Waals surface area contributed by atoms with Gasteiger partial charge in [-0.1, -0.05) is 49.1 Å². The van der Waals surface area contributed by atoms with Crippen molar-refractivity contribution in [3.8, 4) is 11.1 Å². The fourth-order valence-electron chi connectivity index (χ4n) is 5.81. The van der Waals surface area contributed by atoms with Crippen LogP contribution in [0.5, 0.6) is 0 Å². The van der Waals surface area contributed by atoms with Gasteiger partial charge in [0.05, 0.1) is 10.5 Å². The number of rotatable bonds is 6. The number of amides is 1. The lowest BCUT2D eigenvalue weighted by molar-refractivity contribution is -0.0644. The molecule has 0 bridgehead atoms. The Morgan fingerprint density at radius 1 is 1.09 bits per heavy atom. The van der Waals surface area contributed by atoms with E-state index in [1.807, 2.05) is 52.0 Å². The summed E-state index contributed by atoms with van der Waals surface area (Å²) >= 11 is 3.70. The van der Waals surface area contributed by atoms with Crippen LogP contribution in [0.2, 0.25) is 0 Å². The standard InChI is InChI=1S/C33H36BrN3O5S/c1-7-23-12-11-13-24(20-23)26-27-28(33(41-6)16-18-36(19-17-33)31(38)42-32(3,4)5)22(2)21-35-30(27)37(29(26)34)43(39,40)25-14-9-8-10-15-25/h7-15,20-21H,1,16-19H2,2-6H3. The molecule has 0 radical (unpaired) electrons. The number of aromatic nitrogens is 2. The van der Waals surface area contributed by atoms with Gasteiger partial charge in [0, 0.05) is 42.9 Å². The molecular formula is C33H36BrN3O5S. The Morgan fingerprint density at radius 3 is 2.37 bits per heavy atom. The van der Waals surface area contributed by atoms with Crippen molar-refractivity contribution in [1.82, 2.24) is 13.9 Å². The number of methoxy groups -OCH3 is 1. The lowest BCUT2D eigenvalue weighted by Gasteiger charge is -2.42. The van der Waals surface area contributed by atoms with Crippen LogP contribution in [-0.4, -0.2) is 54.2 Å². The second-order valence-corrected chi connectivity index (χ2v) is 14.3. The number of carbonyl (C=O) groups excluding carboxylic acids is 1. The zero-order valence-electron chi connectivity index (χ0n) is 25.1. The van der Waals surface area contributed by atoms with Crippen LogP contribution in [0.25, 0.3) is 28.2 Å². The topological polar surface area (TPSA) is 90.7 Å². The summed E-state index contributed by atoms with van der Waals surface area (Å²) in [6.07, 6.45) is 4.07. The van der Waals surface area contributed by atoms with Crippen LogP contribution in [0.1, 0.15) is 50.3 Å². The van der Waals surface area contributed by atoms with Crippen molar-refractivity contribution < 1.29 is 22.7 Å². The Morgan fingerprint density at radius 2 is 1.77 bits per heavy atom. The summed E-state index contributed by atoms with van der Waals surface area (Å²) in [5.41, 5.74) is 2.99. The normalized spacial score (nSPS) is 15.4. The number of pyridine rings is 1. The Kier molecular flexibility index (Phi) is 8.32. The Labute approximate surface area is 261 Å². The molecule has 0 saturated carbocycles. The molecule has 0 atom stereocenters. The molecule has 1 fully saturated rings. The number of likely N-dealkylation sites (tertiary alicyclic amines) is 1. The smallest absolute Gasteiger partial charge is 0.410 e. The highest BCUT2D eigenvalue weighted by Gasteiger charge is 2.43. The van der Waals surface area contributed by atoms with E-state index in [1.165, 1.54) is 3.97 Å². The van der Waals surface area contributed by atoms with Gasteiger partial charge in [-0.25, -0.2) is 22.2 Å². The number of hydrogen-bond acceptors (Lipinski definition) is 6. The van der Waals surface area contributed by atoms with Crippen molar-refractivity contribution in [2.24, 2.45) is 0 Å². The Hall–Kier alpha value is -3.47. The van der Waals surface area contributed by atoms with Crippen LogP contribution >= 0.6 is 15.9 Å². The summed E-state index contributed by atoms with van der Waals surface area (Å²) in [4.78, 5) is 19.5. The van der Waals surface area contributed by atoms with Crippen LogP contribution in [0, 0.1) is 6.92 Å². The molecule has 43 heavy (non-hydrogen) atoms. The number of carbonyl (C=O) groups is 1. The molecule has 2 aromatic carbocycles. The summed E-state index contributed by atoms with van der Waals surface area (Å²) < 4.78 is 42.0. The van der Waals surface area contributed by atoms with Gasteiger partial charge >= 0.3 is 6.09 Å². The minimum Gasteiger partial charge on any atom is -0.444 e. The fraction of sp³-hybridized carbons (Fsp3) is 0.333. The summed E-state index contributed by atoms with van der Waals surface area (Å²) in [7, 11) is -2.38. The van der Waals surface area contributed by atoms with Crippen molar-refractivity contribution in [2.45, 2.75) is 56.6 Å². The van der Waals surface area contributed by atoms with Crippen LogP contribution in [0.15, 0.2) is 76.9 Å². The quantitative estimate of drug-likeness (QED) is 0.211. The van der Waals surface area contributed by atoms with Gasteiger partial charge < -0.3 is 14.4 Å². The van der Waals surface area contributed by atoms with E-state index in [0.29, 0.717) is 47.1 Å². The highest BCUT2D eigenvalue weighted by atomic mass is 79.9. The molecule has 1 aliphatic heterocycles. The molecule has 0 spiro atoms. The second kappa shape index (κ2) is 11.6. The van der Waals surface area contributed by atoms with Crippen LogP contribution in [0.4, 0.5) is 4.79 Å². The summed E-state index contributed by atoms with van der Waals surface area (Å²) in [5, 5.41) is 0.681. The first-order chi connectivity index (χ1) is 20.3. The van der Waals surface area contributed by atoms with Gasteiger partial charge in [0.1, 0.15) is 10.2 Å². The first-order valence-corrected chi connectivity index (χ1v) is 16.3. The van der Waals surface area contributed by atoms with Gasteiger partial charge in [-0.15, -0.1) is 0 Å². The molecular weight excluding hydrogens is 630 g/mol. The first kappa shape index (κ1) is 31.0. The van der Waals surface area contributed by atoms with E-state index in [-0.39, 0.29) is 11.0 Å². The van der Waals surface area contributed by atoms with Crippen molar-refractivity contribution in [2.75, 3.05) is 20.2 Å². The molecule has 1 aliphatic rings. The number of hydrogen-bond donors (Lipinski definition) is 0. The van der Waals surface area contributed by atoms with Crippen LogP contribution < -0.4 is 0 Å². The molecule has 0 N–H and O–H groups in total. The van der Waals surface area contributed by atoms with E-state index in [4.69, 9.17) is 14.5 Å². The van der Waals surface area contributed by atoms with Gasteiger partial charge in [-0.05, 0) is 91.4 Å². The number of aryl methyl sites for hydroxylation is 1. The summed E-state index contributed by atoms with van der Waals surface area (Å²) in [6.45, 7) is 12.3. The highest BCUT2D eigenvalue weighted by Crippen LogP contribution is 2.48. The largest absolute Gasteiger partial charge is 0.444 e. The minimum atomic E-state index is -4.05. The predicted molar refractivity (Wildman–Crippen MR) is 172 cm³/mol. The molecule has 0 aliphatic carbocycles. The van der Waals surface area contributed by atoms with Crippen LogP contribution in [0.3, 0.4) is 0 Å². The molecule has 2 aromatic heterocycles. The van der Waals surface area contributed by atoms with E-state index in [0.717, 1.165) is 22.3 Å². The average molecular weight is 667 g/mol. The first-order valence-electron chi connectivity index (χ1n) is 14.1. The van der Waals surface area contributed by atoms with Gasteiger partial charge in [0.15, 0.2) is 5.65 Å². The molecule has 10 heteroatoms. The number of nitrogens with zero attached hydrogens (tertiary/aromatic N) is 3. The minimum absolute atomic E-state index is 0.148.